The summed E-state index contributed by atoms with van der Waals surface area (Å²) in [6.45, 7) is 5.56. The first kappa shape index (κ1) is 21.4. The van der Waals surface area contributed by atoms with Gasteiger partial charge in [0.05, 0.1) is 5.02 Å². The molecule has 1 aliphatic rings. The van der Waals surface area contributed by atoms with Gasteiger partial charge in [-0.2, -0.15) is 0 Å². The zero-order chi connectivity index (χ0) is 21.0. The summed E-state index contributed by atoms with van der Waals surface area (Å²) >= 11 is 5.65. The normalized spacial score (nSPS) is 19.6. The van der Waals surface area contributed by atoms with Gasteiger partial charge in [0, 0.05) is 18.0 Å². The molecular formula is C20H25ClFN3O4. The van der Waals surface area contributed by atoms with Gasteiger partial charge in [-0.05, 0) is 58.6 Å². The van der Waals surface area contributed by atoms with Crippen LogP contribution in [0.5, 0.6) is 5.75 Å². The van der Waals surface area contributed by atoms with E-state index in [0.717, 1.165) is 25.7 Å². The van der Waals surface area contributed by atoms with Crippen LogP contribution in [0.25, 0.3) is 0 Å². The van der Waals surface area contributed by atoms with Crippen molar-refractivity contribution in [3.63, 3.8) is 0 Å². The molecule has 1 heterocycles. The van der Waals surface area contributed by atoms with E-state index in [-0.39, 0.29) is 23.6 Å². The fourth-order valence-electron chi connectivity index (χ4n) is 3.16. The molecule has 0 spiro atoms. The van der Waals surface area contributed by atoms with E-state index in [2.05, 4.69) is 15.5 Å². The fourth-order valence-corrected chi connectivity index (χ4v) is 3.28. The summed E-state index contributed by atoms with van der Waals surface area (Å²) in [6.07, 6.45) is 2.87. The first-order valence-electron chi connectivity index (χ1n) is 9.59. The van der Waals surface area contributed by atoms with Gasteiger partial charge in [0.15, 0.2) is 6.61 Å². The zero-order valence-electron chi connectivity index (χ0n) is 16.7. The summed E-state index contributed by atoms with van der Waals surface area (Å²) in [5.74, 6) is 0.805. The second-order valence-corrected chi connectivity index (χ2v) is 8.50. The number of carbonyl (C=O) groups excluding carboxylic acids is 1. The highest BCUT2D eigenvalue weighted by molar-refractivity contribution is 6.30. The summed E-state index contributed by atoms with van der Waals surface area (Å²) in [5, 5.41) is 11.1. The zero-order valence-corrected chi connectivity index (χ0v) is 17.5. The van der Waals surface area contributed by atoms with Gasteiger partial charge in [0.2, 0.25) is 5.89 Å². The maximum Gasteiger partial charge on any atom is 0.407 e. The largest absolute Gasteiger partial charge is 0.484 e. The Morgan fingerprint density at radius 1 is 1.28 bits per heavy atom. The number of ether oxygens (including phenoxy) is 2. The average Bonchev–Trinajstić information content (AvgIpc) is 3.11. The number of benzene rings is 1. The summed E-state index contributed by atoms with van der Waals surface area (Å²) in [7, 11) is 0. The van der Waals surface area contributed by atoms with Gasteiger partial charge in [-0.25, -0.2) is 9.18 Å². The van der Waals surface area contributed by atoms with E-state index in [4.69, 9.17) is 25.5 Å². The third-order valence-corrected chi connectivity index (χ3v) is 4.84. The maximum absolute atomic E-state index is 13.4. The molecule has 1 aromatic heterocycles. The third-order valence-electron chi connectivity index (χ3n) is 4.53. The molecule has 9 heteroatoms. The SMILES string of the molecule is CC(C)(C)OC(=O)NC1CCC(c2nnc(COc3ccc(Cl)c(F)c3)o2)CC1. The van der Waals surface area contributed by atoms with Gasteiger partial charge in [-0.3, -0.25) is 0 Å². The Labute approximate surface area is 173 Å². The second-order valence-electron chi connectivity index (χ2n) is 8.09. The Kier molecular flexibility index (Phi) is 6.62. The van der Waals surface area contributed by atoms with Crippen molar-refractivity contribution in [2.45, 2.75) is 70.6 Å². The smallest absolute Gasteiger partial charge is 0.407 e. The predicted octanol–water partition coefficient (Wildman–Crippen LogP) is 4.99. The molecule has 1 saturated carbocycles. The third kappa shape index (κ3) is 6.32. The number of nitrogens with zero attached hydrogens (tertiary/aromatic N) is 2. The molecule has 0 saturated heterocycles. The summed E-state index contributed by atoms with van der Waals surface area (Å²) in [4.78, 5) is 11.9. The molecule has 0 unspecified atom stereocenters. The first-order chi connectivity index (χ1) is 13.7. The van der Waals surface area contributed by atoms with Crippen molar-refractivity contribution < 1.29 is 23.1 Å². The molecular weight excluding hydrogens is 401 g/mol. The van der Waals surface area contributed by atoms with Crippen molar-refractivity contribution >= 4 is 17.7 Å². The number of carbonyl (C=O) groups is 1. The number of alkyl carbamates (subject to hydrolysis) is 1. The Bertz CT molecular complexity index is 844. The molecule has 0 atom stereocenters. The van der Waals surface area contributed by atoms with Crippen LogP contribution >= 0.6 is 11.6 Å². The van der Waals surface area contributed by atoms with Crippen LogP contribution in [0.1, 0.15) is 64.2 Å². The standard InChI is InChI=1S/C20H25ClFN3O4/c1-20(2,3)29-19(26)23-13-6-4-12(5-7-13)18-25-24-17(28-18)11-27-14-8-9-15(21)16(22)10-14/h8-10,12-13H,4-7,11H2,1-3H3,(H,23,26). The molecule has 1 amide bonds. The van der Waals surface area contributed by atoms with Crippen LogP contribution in [0.15, 0.2) is 22.6 Å². The van der Waals surface area contributed by atoms with Crippen molar-refractivity contribution in [3.8, 4) is 5.75 Å². The number of rotatable bonds is 5. The molecule has 0 radical (unpaired) electrons. The van der Waals surface area contributed by atoms with Crippen LogP contribution in [0.4, 0.5) is 9.18 Å². The lowest BCUT2D eigenvalue weighted by atomic mass is 9.86. The van der Waals surface area contributed by atoms with Crippen LogP contribution in [-0.2, 0) is 11.3 Å². The van der Waals surface area contributed by atoms with Crippen LogP contribution in [0, 0.1) is 5.82 Å². The summed E-state index contributed by atoms with van der Waals surface area (Å²) in [5.41, 5.74) is -0.513. The molecule has 1 fully saturated rings. The van der Waals surface area contributed by atoms with E-state index in [0.29, 0.717) is 17.5 Å². The summed E-state index contributed by atoms with van der Waals surface area (Å²) in [6, 6.07) is 4.28. The minimum atomic E-state index is -0.549. The highest BCUT2D eigenvalue weighted by Crippen LogP contribution is 2.32. The fraction of sp³-hybridized carbons (Fsp3) is 0.550. The van der Waals surface area contributed by atoms with Gasteiger partial charge >= 0.3 is 6.09 Å². The number of hydrogen-bond acceptors (Lipinski definition) is 6. The molecule has 1 aromatic carbocycles. The molecule has 158 valence electrons. The van der Waals surface area contributed by atoms with Crippen LogP contribution < -0.4 is 10.1 Å². The number of halogens is 2. The highest BCUT2D eigenvalue weighted by atomic mass is 35.5. The Morgan fingerprint density at radius 2 is 2.00 bits per heavy atom. The monoisotopic (exact) mass is 425 g/mol. The van der Waals surface area contributed by atoms with Gasteiger partial charge in [0.25, 0.3) is 5.89 Å². The van der Waals surface area contributed by atoms with E-state index < -0.39 is 17.5 Å². The second kappa shape index (κ2) is 8.98. The van der Waals surface area contributed by atoms with Crippen LogP contribution in [-0.4, -0.2) is 27.9 Å². The molecule has 0 aliphatic heterocycles. The Balaban J connectivity index is 1.46. The minimum Gasteiger partial charge on any atom is -0.484 e. The number of aromatic nitrogens is 2. The van der Waals surface area contributed by atoms with Crippen molar-refractivity contribution in [2.75, 3.05) is 0 Å². The quantitative estimate of drug-likeness (QED) is 0.726. The molecule has 1 N–H and O–H groups in total. The molecule has 2 aromatic rings. The van der Waals surface area contributed by atoms with Crippen LogP contribution in [0.3, 0.4) is 0 Å². The highest BCUT2D eigenvalue weighted by Gasteiger charge is 2.28. The molecule has 1 aliphatic carbocycles. The lowest BCUT2D eigenvalue weighted by molar-refractivity contribution is 0.0490. The van der Waals surface area contributed by atoms with Crippen molar-refractivity contribution in [3.05, 3.63) is 40.8 Å². The maximum atomic E-state index is 13.4. The predicted molar refractivity (Wildman–Crippen MR) is 104 cm³/mol. The van der Waals surface area contributed by atoms with Crippen LogP contribution in [0.2, 0.25) is 5.02 Å². The van der Waals surface area contributed by atoms with Crippen molar-refractivity contribution in [1.29, 1.82) is 0 Å². The van der Waals surface area contributed by atoms with Crippen molar-refractivity contribution in [2.24, 2.45) is 0 Å². The average molecular weight is 426 g/mol. The van der Waals surface area contributed by atoms with E-state index in [1.807, 2.05) is 20.8 Å². The van der Waals surface area contributed by atoms with E-state index in [1.165, 1.54) is 12.1 Å². The number of hydrogen-bond donors (Lipinski definition) is 1. The number of amides is 1. The van der Waals surface area contributed by atoms with Gasteiger partial charge in [-0.15, -0.1) is 10.2 Å². The Hall–Kier alpha value is -2.35. The van der Waals surface area contributed by atoms with Crippen molar-refractivity contribution in [1.82, 2.24) is 15.5 Å². The number of nitrogens with one attached hydrogen (secondary N) is 1. The lowest BCUT2D eigenvalue weighted by Gasteiger charge is -2.28. The molecule has 0 bridgehead atoms. The Morgan fingerprint density at radius 3 is 2.66 bits per heavy atom. The van der Waals surface area contributed by atoms with Gasteiger partial charge in [0.1, 0.15) is 17.2 Å². The van der Waals surface area contributed by atoms with Gasteiger partial charge < -0.3 is 19.2 Å². The van der Waals surface area contributed by atoms with Gasteiger partial charge in [-0.1, -0.05) is 11.6 Å². The first-order valence-corrected chi connectivity index (χ1v) is 9.97. The van der Waals surface area contributed by atoms with E-state index >= 15 is 0 Å². The van der Waals surface area contributed by atoms with E-state index in [9.17, 15) is 9.18 Å². The molecule has 29 heavy (non-hydrogen) atoms. The lowest BCUT2D eigenvalue weighted by Crippen LogP contribution is -2.40. The summed E-state index contributed by atoms with van der Waals surface area (Å²) < 4.78 is 29.9. The molecule has 7 nitrogen and oxygen atoms in total. The minimum absolute atomic E-state index is 0.0363. The topological polar surface area (TPSA) is 86.5 Å². The molecule has 3 rings (SSSR count). The van der Waals surface area contributed by atoms with E-state index in [1.54, 1.807) is 6.07 Å².